The lowest BCUT2D eigenvalue weighted by Gasteiger charge is -2.05. The van der Waals surface area contributed by atoms with Gasteiger partial charge in [-0.25, -0.2) is 9.78 Å². The summed E-state index contributed by atoms with van der Waals surface area (Å²) in [6, 6.07) is 13.3. The maximum absolute atomic E-state index is 11.1. The van der Waals surface area contributed by atoms with Crippen LogP contribution in [0.15, 0.2) is 47.5 Å². The van der Waals surface area contributed by atoms with Gasteiger partial charge in [0.2, 0.25) is 0 Å². The zero-order valence-corrected chi connectivity index (χ0v) is 11.5. The summed E-state index contributed by atoms with van der Waals surface area (Å²) in [4.78, 5) is 15.5. The molecule has 2 aromatic rings. The fourth-order valence-corrected chi connectivity index (χ4v) is 2.57. The van der Waals surface area contributed by atoms with Crippen molar-refractivity contribution in [3.05, 3.63) is 59.3 Å². The smallest absolute Gasteiger partial charge is 0.335 e. The number of benzene rings is 1. The van der Waals surface area contributed by atoms with Crippen molar-refractivity contribution in [3.63, 3.8) is 0 Å². The van der Waals surface area contributed by atoms with Gasteiger partial charge in [0.1, 0.15) is 0 Å². The molecule has 0 bridgehead atoms. The van der Waals surface area contributed by atoms with Gasteiger partial charge in [0.25, 0.3) is 0 Å². The number of aryl methyl sites for hydroxylation is 1. The van der Waals surface area contributed by atoms with Crippen molar-refractivity contribution >= 4 is 17.7 Å². The molecule has 4 heteroatoms. The second-order valence-electron chi connectivity index (χ2n) is 4.12. The molecule has 0 radical (unpaired) electrons. The van der Waals surface area contributed by atoms with Gasteiger partial charge < -0.3 is 5.11 Å². The Balaban J connectivity index is 2.15. The summed E-state index contributed by atoms with van der Waals surface area (Å²) < 4.78 is 0. The van der Waals surface area contributed by atoms with Crippen LogP contribution in [0.5, 0.6) is 0 Å². The largest absolute Gasteiger partial charge is 0.478 e. The molecule has 0 saturated carbocycles. The van der Waals surface area contributed by atoms with Gasteiger partial charge in [-0.05, 0) is 24.1 Å². The zero-order valence-electron chi connectivity index (χ0n) is 10.7. The fraction of sp³-hybridized carbons (Fsp3) is 0.200. The van der Waals surface area contributed by atoms with E-state index >= 15 is 0 Å². The standard InChI is InChI=1S/C15H15NO2S/c1-2-13-8-12(15(17)18)9-14(16-13)19-10-11-6-4-3-5-7-11/h3-9H,2,10H2,1H3,(H,17,18). The minimum Gasteiger partial charge on any atom is -0.478 e. The van der Waals surface area contributed by atoms with Crippen LogP contribution in [0.25, 0.3) is 0 Å². The number of thioether (sulfide) groups is 1. The molecule has 0 aliphatic carbocycles. The van der Waals surface area contributed by atoms with Gasteiger partial charge in [0.15, 0.2) is 0 Å². The summed E-state index contributed by atoms with van der Waals surface area (Å²) >= 11 is 1.56. The predicted octanol–water partition coefficient (Wildman–Crippen LogP) is 3.63. The molecule has 19 heavy (non-hydrogen) atoms. The van der Waals surface area contributed by atoms with Crippen molar-refractivity contribution in [2.45, 2.75) is 24.1 Å². The first kappa shape index (κ1) is 13.6. The summed E-state index contributed by atoms with van der Waals surface area (Å²) in [6.07, 6.45) is 0.736. The molecule has 0 unspecified atom stereocenters. The van der Waals surface area contributed by atoms with E-state index in [0.29, 0.717) is 5.56 Å². The topological polar surface area (TPSA) is 50.2 Å². The van der Waals surface area contributed by atoms with Crippen molar-refractivity contribution in [2.24, 2.45) is 0 Å². The van der Waals surface area contributed by atoms with Gasteiger partial charge in [-0.3, -0.25) is 0 Å². The van der Waals surface area contributed by atoms with Crippen LogP contribution in [0.2, 0.25) is 0 Å². The molecule has 1 aromatic carbocycles. The molecular formula is C15H15NO2S. The number of carboxylic acids is 1. The molecule has 0 amide bonds. The van der Waals surface area contributed by atoms with E-state index in [2.05, 4.69) is 17.1 Å². The van der Waals surface area contributed by atoms with Gasteiger partial charge in [-0.1, -0.05) is 37.3 Å². The predicted molar refractivity (Wildman–Crippen MR) is 76.6 cm³/mol. The quantitative estimate of drug-likeness (QED) is 0.845. The van der Waals surface area contributed by atoms with Crippen LogP contribution < -0.4 is 0 Å². The Morgan fingerprint density at radius 1 is 1.26 bits per heavy atom. The number of hydrogen-bond acceptors (Lipinski definition) is 3. The molecule has 0 aliphatic heterocycles. The minimum absolute atomic E-state index is 0.308. The number of aromatic carboxylic acids is 1. The Morgan fingerprint density at radius 3 is 2.63 bits per heavy atom. The average molecular weight is 273 g/mol. The molecule has 0 aliphatic rings. The summed E-state index contributed by atoms with van der Waals surface area (Å²) in [5, 5.41) is 9.84. The second-order valence-corrected chi connectivity index (χ2v) is 5.11. The minimum atomic E-state index is -0.904. The zero-order chi connectivity index (χ0) is 13.7. The molecule has 98 valence electrons. The fourth-order valence-electron chi connectivity index (χ4n) is 1.67. The summed E-state index contributed by atoms with van der Waals surface area (Å²) in [7, 11) is 0. The normalized spacial score (nSPS) is 10.4. The Hall–Kier alpha value is -1.81. The Kier molecular flexibility index (Phi) is 4.58. The molecule has 0 atom stereocenters. The Bertz CT molecular complexity index is 570. The van der Waals surface area contributed by atoms with E-state index in [0.717, 1.165) is 22.9 Å². The Morgan fingerprint density at radius 2 is 2.00 bits per heavy atom. The lowest BCUT2D eigenvalue weighted by Crippen LogP contribution is -2.00. The number of carbonyl (C=O) groups is 1. The van der Waals surface area contributed by atoms with E-state index in [-0.39, 0.29) is 0 Å². The van der Waals surface area contributed by atoms with E-state index in [1.54, 1.807) is 23.9 Å². The molecule has 0 spiro atoms. The number of pyridine rings is 1. The van der Waals surface area contributed by atoms with Crippen LogP contribution in [-0.2, 0) is 12.2 Å². The van der Waals surface area contributed by atoms with E-state index in [9.17, 15) is 4.79 Å². The van der Waals surface area contributed by atoms with Crippen LogP contribution in [0.4, 0.5) is 0 Å². The average Bonchev–Trinajstić information content (AvgIpc) is 2.45. The van der Waals surface area contributed by atoms with Crippen LogP contribution in [-0.4, -0.2) is 16.1 Å². The van der Waals surface area contributed by atoms with Gasteiger partial charge in [0.05, 0.1) is 10.6 Å². The highest BCUT2D eigenvalue weighted by Gasteiger charge is 2.08. The summed E-state index contributed by atoms with van der Waals surface area (Å²) in [5.74, 6) is -0.112. The first-order valence-electron chi connectivity index (χ1n) is 6.10. The monoisotopic (exact) mass is 273 g/mol. The molecule has 2 rings (SSSR count). The van der Waals surface area contributed by atoms with Crippen LogP contribution in [0.3, 0.4) is 0 Å². The third-order valence-corrected chi connectivity index (χ3v) is 3.68. The van der Waals surface area contributed by atoms with Crippen molar-refractivity contribution in [3.8, 4) is 0 Å². The molecule has 0 saturated heterocycles. The number of nitrogens with zero attached hydrogens (tertiary/aromatic N) is 1. The third-order valence-electron chi connectivity index (χ3n) is 2.69. The molecular weight excluding hydrogens is 258 g/mol. The lowest BCUT2D eigenvalue weighted by molar-refractivity contribution is 0.0696. The van der Waals surface area contributed by atoms with Gasteiger partial charge in [-0.15, -0.1) is 11.8 Å². The number of aromatic nitrogens is 1. The van der Waals surface area contributed by atoms with E-state index in [4.69, 9.17) is 5.11 Å². The summed E-state index contributed by atoms with van der Waals surface area (Å²) in [5.41, 5.74) is 2.32. The first-order chi connectivity index (χ1) is 9.19. The molecule has 3 nitrogen and oxygen atoms in total. The third kappa shape index (κ3) is 3.83. The maximum Gasteiger partial charge on any atom is 0.335 e. The molecule has 0 fully saturated rings. The van der Waals surface area contributed by atoms with Gasteiger partial charge >= 0.3 is 5.97 Å². The van der Waals surface area contributed by atoms with Gasteiger partial charge in [-0.2, -0.15) is 0 Å². The molecule has 1 N–H and O–H groups in total. The highest BCUT2D eigenvalue weighted by molar-refractivity contribution is 7.98. The van der Waals surface area contributed by atoms with E-state index in [1.807, 2.05) is 25.1 Å². The second kappa shape index (κ2) is 6.38. The van der Waals surface area contributed by atoms with Crippen molar-refractivity contribution in [2.75, 3.05) is 0 Å². The lowest BCUT2D eigenvalue weighted by atomic mass is 10.2. The number of rotatable bonds is 5. The molecule has 1 heterocycles. The maximum atomic E-state index is 11.1. The van der Waals surface area contributed by atoms with Crippen LogP contribution >= 0.6 is 11.8 Å². The van der Waals surface area contributed by atoms with Crippen LogP contribution in [0.1, 0.15) is 28.5 Å². The highest BCUT2D eigenvalue weighted by atomic mass is 32.2. The first-order valence-corrected chi connectivity index (χ1v) is 7.08. The molecule has 1 aromatic heterocycles. The Labute approximate surface area is 116 Å². The SMILES string of the molecule is CCc1cc(C(=O)O)cc(SCc2ccccc2)n1. The highest BCUT2D eigenvalue weighted by Crippen LogP contribution is 2.22. The van der Waals surface area contributed by atoms with Crippen LogP contribution in [0, 0.1) is 0 Å². The van der Waals surface area contributed by atoms with Crippen molar-refractivity contribution < 1.29 is 9.90 Å². The van der Waals surface area contributed by atoms with Crippen molar-refractivity contribution in [1.29, 1.82) is 0 Å². The number of hydrogen-bond donors (Lipinski definition) is 1. The van der Waals surface area contributed by atoms with Crippen molar-refractivity contribution in [1.82, 2.24) is 4.98 Å². The van der Waals surface area contributed by atoms with E-state index in [1.165, 1.54) is 5.56 Å². The number of carboxylic acid groups (broad SMARTS) is 1. The van der Waals surface area contributed by atoms with E-state index < -0.39 is 5.97 Å². The van der Waals surface area contributed by atoms with Gasteiger partial charge in [0, 0.05) is 11.4 Å². The summed E-state index contributed by atoms with van der Waals surface area (Å²) in [6.45, 7) is 1.97.